The number of aromatic nitrogens is 3. The van der Waals surface area contributed by atoms with Crippen LogP contribution in [0.4, 0.5) is 0 Å². The van der Waals surface area contributed by atoms with E-state index in [9.17, 15) is 4.79 Å². The number of rotatable bonds is 3. The molecule has 146 valence electrons. The lowest BCUT2D eigenvalue weighted by molar-refractivity contribution is 0.472. The minimum atomic E-state index is -0.572. The van der Waals surface area contributed by atoms with Crippen LogP contribution in [0.15, 0.2) is 41.2 Å². The van der Waals surface area contributed by atoms with Gasteiger partial charge >= 0.3 is 5.69 Å². The molecular weight excluding hydrogens is 348 g/mol. The van der Waals surface area contributed by atoms with Gasteiger partial charge in [-0.15, -0.1) is 0 Å². The molecular formula is C23H28N4O. The van der Waals surface area contributed by atoms with Gasteiger partial charge in [0.2, 0.25) is 0 Å². The Morgan fingerprint density at radius 3 is 2.07 bits per heavy atom. The maximum absolute atomic E-state index is 12.3. The normalized spacial score (nSPS) is 16.2. The number of aromatic amines is 1. The fourth-order valence-electron chi connectivity index (χ4n) is 4.76. The van der Waals surface area contributed by atoms with E-state index in [1.54, 1.807) is 7.05 Å². The predicted octanol–water partition coefficient (Wildman–Crippen LogP) is 2.90. The number of benzene rings is 2. The first-order valence-electron chi connectivity index (χ1n) is 9.90. The number of nitrogens with two attached hydrogens (primary N) is 1. The fraction of sp³-hybridized carbons (Fsp3) is 0.391. The van der Waals surface area contributed by atoms with Gasteiger partial charge in [0, 0.05) is 13.1 Å². The topological polar surface area (TPSA) is 76.7 Å². The molecule has 0 spiro atoms. The Labute approximate surface area is 165 Å². The summed E-state index contributed by atoms with van der Waals surface area (Å²) in [5.74, 6) is 0.675. The summed E-state index contributed by atoms with van der Waals surface area (Å²) in [6.07, 6.45) is 2.60. The van der Waals surface area contributed by atoms with Crippen molar-refractivity contribution in [1.29, 1.82) is 0 Å². The molecule has 0 unspecified atom stereocenters. The molecule has 28 heavy (non-hydrogen) atoms. The van der Waals surface area contributed by atoms with Crippen LogP contribution in [0.2, 0.25) is 0 Å². The highest BCUT2D eigenvalue weighted by Crippen LogP contribution is 2.46. The number of H-pyrrole nitrogens is 1. The summed E-state index contributed by atoms with van der Waals surface area (Å²) in [5, 5.41) is 4.64. The third-order valence-corrected chi connectivity index (χ3v) is 5.91. The minimum absolute atomic E-state index is 0.0630. The van der Waals surface area contributed by atoms with Crippen LogP contribution in [-0.2, 0) is 25.3 Å². The van der Waals surface area contributed by atoms with Gasteiger partial charge < -0.3 is 5.73 Å². The molecule has 3 N–H and O–H groups in total. The average molecular weight is 377 g/mol. The molecule has 1 heterocycles. The summed E-state index contributed by atoms with van der Waals surface area (Å²) in [5.41, 5.74) is 13.1. The molecule has 5 nitrogen and oxygen atoms in total. The summed E-state index contributed by atoms with van der Waals surface area (Å²) in [6.45, 7) is 6.27. The van der Waals surface area contributed by atoms with E-state index in [1.807, 2.05) is 6.92 Å². The quantitative estimate of drug-likeness (QED) is 0.738. The molecule has 0 amide bonds. The summed E-state index contributed by atoms with van der Waals surface area (Å²) in [6, 6.07) is 13.2. The third-order valence-electron chi connectivity index (χ3n) is 5.91. The van der Waals surface area contributed by atoms with Crippen molar-refractivity contribution in [3.63, 3.8) is 0 Å². The molecule has 0 saturated carbocycles. The van der Waals surface area contributed by atoms with Crippen molar-refractivity contribution in [3.05, 3.63) is 86.1 Å². The molecule has 1 aromatic heterocycles. The molecule has 5 heteroatoms. The minimum Gasteiger partial charge on any atom is -0.328 e. The van der Waals surface area contributed by atoms with Crippen molar-refractivity contribution in [2.45, 2.75) is 51.5 Å². The van der Waals surface area contributed by atoms with E-state index in [0.717, 1.165) is 12.8 Å². The van der Waals surface area contributed by atoms with E-state index in [0.29, 0.717) is 12.2 Å². The Morgan fingerprint density at radius 1 is 1.11 bits per heavy atom. The van der Waals surface area contributed by atoms with E-state index in [-0.39, 0.29) is 11.7 Å². The number of hydrogen-bond donors (Lipinski definition) is 2. The molecule has 0 aliphatic heterocycles. The van der Waals surface area contributed by atoms with Crippen molar-refractivity contribution in [2.75, 3.05) is 0 Å². The highest BCUT2D eigenvalue weighted by Gasteiger charge is 2.44. The summed E-state index contributed by atoms with van der Waals surface area (Å²) in [4.78, 5) is 15.4. The standard InChI is InChI=1S/C23H28N4O/c1-14-5-9-19-17(11-14)7-8-18-12-15(2)6-10-20(18)23(19,13-16(3)24)21-25-22(28)27(4)26-21/h5-6,9-12,16H,7-8,13,24H2,1-4H3,(H,25,26,28)/t16-/m1/s1. The van der Waals surface area contributed by atoms with Gasteiger partial charge in [-0.3, -0.25) is 4.98 Å². The van der Waals surface area contributed by atoms with Gasteiger partial charge in [-0.1, -0.05) is 47.5 Å². The van der Waals surface area contributed by atoms with E-state index < -0.39 is 5.41 Å². The molecule has 3 aromatic rings. The van der Waals surface area contributed by atoms with Gasteiger partial charge in [0.05, 0.1) is 5.41 Å². The highest BCUT2D eigenvalue weighted by atomic mass is 16.1. The first kappa shape index (κ1) is 18.7. The number of aryl methyl sites for hydroxylation is 5. The number of nitrogens with one attached hydrogen (secondary N) is 1. The number of fused-ring (bicyclic) bond motifs is 2. The van der Waals surface area contributed by atoms with Gasteiger partial charge in [-0.05, 0) is 62.3 Å². The largest absolute Gasteiger partial charge is 0.343 e. The smallest absolute Gasteiger partial charge is 0.328 e. The fourth-order valence-corrected chi connectivity index (χ4v) is 4.76. The molecule has 0 fully saturated rings. The zero-order chi connectivity index (χ0) is 20.1. The van der Waals surface area contributed by atoms with Crippen LogP contribution in [0, 0.1) is 13.8 Å². The lowest BCUT2D eigenvalue weighted by atomic mass is 9.68. The first-order valence-corrected chi connectivity index (χ1v) is 9.90. The maximum Gasteiger partial charge on any atom is 0.343 e. The molecule has 1 aliphatic carbocycles. The van der Waals surface area contributed by atoms with Gasteiger partial charge in [0.25, 0.3) is 0 Å². The van der Waals surface area contributed by atoms with Crippen molar-refractivity contribution in [3.8, 4) is 0 Å². The number of nitrogens with zero attached hydrogens (tertiary/aromatic N) is 2. The first-order chi connectivity index (χ1) is 13.3. The second-order valence-corrected chi connectivity index (χ2v) is 8.31. The van der Waals surface area contributed by atoms with Crippen LogP contribution in [0.25, 0.3) is 0 Å². The third kappa shape index (κ3) is 2.90. The van der Waals surface area contributed by atoms with Crippen LogP contribution in [0.5, 0.6) is 0 Å². The Bertz CT molecular complexity index is 1040. The second kappa shape index (κ2) is 6.74. The molecule has 2 aromatic carbocycles. The van der Waals surface area contributed by atoms with Crippen LogP contribution < -0.4 is 11.4 Å². The number of hydrogen-bond acceptors (Lipinski definition) is 3. The van der Waals surface area contributed by atoms with E-state index in [2.05, 4.69) is 60.3 Å². The molecule has 1 atom stereocenters. The molecule has 0 saturated heterocycles. The molecule has 1 aliphatic rings. The summed E-state index contributed by atoms with van der Waals surface area (Å²) >= 11 is 0. The van der Waals surface area contributed by atoms with Crippen LogP contribution in [-0.4, -0.2) is 20.8 Å². The summed E-state index contributed by atoms with van der Waals surface area (Å²) < 4.78 is 1.38. The second-order valence-electron chi connectivity index (χ2n) is 8.31. The lowest BCUT2D eigenvalue weighted by Crippen LogP contribution is -2.38. The zero-order valence-electron chi connectivity index (χ0n) is 17.0. The predicted molar refractivity (Wildman–Crippen MR) is 112 cm³/mol. The lowest BCUT2D eigenvalue weighted by Gasteiger charge is -2.36. The van der Waals surface area contributed by atoms with Crippen LogP contribution in [0.1, 0.15) is 52.5 Å². The van der Waals surface area contributed by atoms with Crippen molar-refractivity contribution in [1.82, 2.24) is 14.8 Å². The van der Waals surface area contributed by atoms with Crippen molar-refractivity contribution >= 4 is 0 Å². The Balaban J connectivity index is 2.14. The van der Waals surface area contributed by atoms with Gasteiger partial charge in [-0.2, -0.15) is 5.10 Å². The SMILES string of the molecule is Cc1ccc2c(c1)CCc1cc(C)ccc1C2(C[C@@H](C)N)c1nn(C)c(=O)[nH]1. The van der Waals surface area contributed by atoms with Gasteiger partial charge in [0.15, 0.2) is 0 Å². The average Bonchev–Trinajstić information content (AvgIpc) is 2.91. The van der Waals surface area contributed by atoms with E-state index in [4.69, 9.17) is 5.73 Å². The van der Waals surface area contributed by atoms with Gasteiger partial charge in [-0.25, -0.2) is 9.48 Å². The zero-order valence-corrected chi connectivity index (χ0v) is 17.0. The Hall–Kier alpha value is -2.66. The van der Waals surface area contributed by atoms with E-state index >= 15 is 0 Å². The molecule has 0 radical (unpaired) electrons. The monoisotopic (exact) mass is 376 g/mol. The Kier molecular flexibility index (Phi) is 4.50. The van der Waals surface area contributed by atoms with Crippen molar-refractivity contribution in [2.24, 2.45) is 12.8 Å². The molecule has 4 rings (SSSR count). The maximum atomic E-state index is 12.3. The molecule has 0 bridgehead atoms. The van der Waals surface area contributed by atoms with Gasteiger partial charge in [0.1, 0.15) is 5.82 Å². The van der Waals surface area contributed by atoms with E-state index in [1.165, 1.54) is 38.1 Å². The van der Waals surface area contributed by atoms with Crippen LogP contribution in [0.3, 0.4) is 0 Å². The van der Waals surface area contributed by atoms with Crippen LogP contribution >= 0.6 is 0 Å². The Morgan fingerprint density at radius 2 is 1.64 bits per heavy atom. The highest BCUT2D eigenvalue weighted by molar-refractivity contribution is 5.55. The summed E-state index contributed by atoms with van der Waals surface area (Å²) in [7, 11) is 1.69. The van der Waals surface area contributed by atoms with Crippen molar-refractivity contribution < 1.29 is 0 Å².